The van der Waals surface area contributed by atoms with Crippen molar-refractivity contribution in [3.63, 3.8) is 0 Å². The third-order valence-electron chi connectivity index (χ3n) is 2.60. The highest BCUT2D eigenvalue weighted by Gasteiger charge is 2.26. The molecule has 1 aromatic rings. The van der Waals surface area contributed by atoms with E-state index in [1.54, 1.807) is 0 Å². The molecule has 1 aromatic carbocycles. The van der Waals surface area contributed by atoms with Gasteiger partial charge in [0.25, 0.3) is 0 Å². The van der Waals surface area contributed by atoms with Crippen LogP contribution in [0.4, 0.5) is 0 Å². The Morgan fingerprint density at radius 2 is 1.88 bits per heavy atom. The van der Waals surface area contributed by atoms with E-state index in [0.717, 1.165) is 10.0 Å². The molecule has 0 saturated carbocycles. The monoisotopic (exact) mass is 298 g/mol. The van der Waals surface area contributed by atoms with Crippen molar-refractivity contribution in [2.75, 3.05) is 0 Å². The zero-order chi connectivity index (χ0) is 13.1. The van der Waals surface area contributed by atoms with Crippen LogP contribution in [0.3, 0.4) is 0 Å². The Labute approximate surface area is 111 Å². The van der Waals surface area contributed by atoms with E-state index in [9.17, 15) is 4.79 Å². The fraction of sp³-hybridized carbons (Fsp3) is 0.462. The summed E-state index contributed by atoms with van der Waals surface area (Å²) in [6.07, 6.45) is 0. The summed E-state index contributed by atoms with van der Waals surface area (Å²) in [5.74, 6) is -0.111. The van der Waals surface area contributed by atoms with E-state index in [4.69, 9.17) is 5.73 Å². The molecule has 0 aromatic heterocycles. The Hall–Kier alpha value is -0.870. The third-order valence-corrected chi connectivity index (χ3v) is 3.12. The lowest BCUT2D eigenvalue weighted by atomic mass is 9.87. The highest BCUT2D eigenvalue weighted by Crippen LogP contribution is 2.17. The number of benzene rings is 1. The lowest BCUT2D eigenvalue weighted by Crippen LogP contribution is -2.48. The summed E-state index contributed by atoms with van der Waals surface area (Å²) in [4.78, 5) is 11.8. The summed E-state index contributed by atoms with van der Waals surface area (Å²) >= 11 is 3.37. The minimum Gasteiger partial charge on any atom is -0.351 e. The number of carbonyl (C=O) groups is 1. The Morgan fingerprint density at radius 3 is 2.35 bits per heavy atom. The summed E-state index contributed by atoms with van der Waals surface area (Å²) in [6, 6.07) is 7.34. The van der Waals surface area contributed by atoms with E-state index in [-0.39, 0.29) is 11.3 Å². The topological polar surface area (TPSA) is 55.1 Å². The predicted octanol–water partition coefficient (Wildman–Crippen LogP) is 2.44. The van der Waals surface area contributed by atoms with Crippen molar-refractivity contribution in [1.29, 1.82) is 0 Å². The fourth-order valence-electron chi connectivity index (χ4n) is 1.29. The van der Waals surface area contributed by atoms with Crippen molar-refractivity contribution in [2.24, 2.45) is 11.1 Å². The zero-order valence-corrected chi connectivity index (χ0v) is 12.0. The molecular weight excluding hydrogens is 280 g/mol. The normalized spacial score (nSPS) is 13.2. The average Bonchev–Trinajstić information content (AvgIpc) is 2.25. The van der Waals surface area contributed by atoms with Gasteiger partial charge in [0.2, 0.25) is 5.91 Å². The SMILES string of the molecule is CC(C)(C)[C@@H](N)C(=O)NCc1ccc(Br)cc1. The summed E-state index contributed by atoms with van der Waals surface area (Å²) in [5.41, 5.74) is 6.70. The lowest BCUT2D eigenvalue weighted by Gasteiger charge is -2.25. The van der Waals surface area contributed by atoms with Gasteiger partial charge in [-0.05, 0) is 23.1 Å². The van der Waals surface area contributed by atoms with E-state index < -0.39 is 6.04 Å². The van der Waals surface area contributed by atoms with Crippen LogP contribution in [0.25, 0.3) is 0 Å². The van der Waals surface area contributed by atoms with Gasteiger partial charge in [-0.25, -0.2) is 0 Å². The molecule has 0 unspecified atom stereocenters. The first-order valence-electron chi connectivity index (χ1n) is 5.58. The van der Waals surface area contributed by atoms with E-state index in [1.165, 1.54) is 0 Å². The molecule has 0 saturated heterocycles. The molecule has 4 heteroatoms. The van der Waals surface area contributed by atoms with Gasteiger partial charge in [-0.3, -0.25) is 4.79 Å². The first kappa shape index (κ1) is 14.2. The van der Waals surface area contributed by atoms with Gasteiger partial charge in [-0.2, -0.15) is 0 Å². The molecule has 1 rings (SSSR count). The number of amides is 1. The number of halogens is 1. The van der Waals surface area contributed by atoms with Crippen molar-refractivity contribution in [3.8, 4) is 0 Å². The Morgan fingerprint density at radius 1 is 1.35 bits per heavy atom. The van der Waals surface area contributed by atoms with Gasteiger partial charge in [-0.15, -0.1) is 0 Å². The number of rotatable bonds is 3. The average molecular weight is 299 g/mol. The standard InChI is InChI=1S/C13H19BrN2O/c1-13(2,3)11(15)12(17)16-8-9-4-6-10(14)7-5-9/h4-7,11H,8,15H2,1-3H3,(H,16,17)/t11-/m0/s1. The quantitative estimate of drug-likeness (QED) is 0.900. The minimum absolute atomic E-state index is 0.111. The summed E-state index contributed by atoms with van der Waals surface area (Å²) in [7, 11) is 0. The van der Waals surface area contributed by atoms with Crippen LogP contribution < -0.4 is 11.1 Å². The predicted molar refractivity (Wildman–Crippen MR) is 73.4 cm³/mol. The molecule has 1 amide bonds. The van der Waals surface area contributed by atoms with Crippen LogP contribution in [-0.4, -0.2) is 11.9 Å². The molecular formula is C13H19BrN2O. The third kappa shape index (κ3) is 4.48. The molecule has 0 aliphatic rings. The number of hydrogen-bond acceptors (Lipinski definition) is 2. The second kappa shape index (κ2) is 5.65. The smallest absolute Gasteiger partial charge is 0.237 e. The highest BCUT2D eigenvalue weighted by molar-refractivity contribution is 9.10. The zero-order valence-electron chi connectivity index (χ0n) is 10.5. The number of nitrogens with one attached hydrogen (secondary N) is 1. The Balaban J connectivity index is 2.51. The number of nitrogens with two attached hydrogens (primary N) is 1. The number of hydrogen-bond donors (Lipinski definition) is 2. The Kier molecular flexibility index (Phi) is 4.71. The molecule has 3 N–H and O–H groups in total. The second-order valence-electron chi connectivity index (χ2n) is 5.19. The second-order valence-corrected chi connectivity index (χ2v) is 6.10. The largest absolute Gasteiger partial charge is 0.351 e. The van der Waals surface area contributed by atoms with Gasteiger partial charge in [0, 0.05) is 11.0 Å². The van der Waals surface area contributed by atoms with Crippen LogP contribution in [0.15, 0.2) is 28.7 Å². The van der Waals surface area contributed by atoms with Crippen LogP contribution in [0.5, 0.6) is 0 Å². The fourth-order valence-corrected chi connectivity index (χ4v) is 1.56. The molecule has 0 fully saturated rings. The summed E-state index contributed by atoms with van der Waals surface area (Å²) < 4.78 is 1.03. The summed E-state index contributed by atoms with van der Waals surface area (Å²) in [6.45, 7) is 6.38. The molecule has 0 aliphatic carbocycles. The van der Waals surface area contributed by atoms with E-state index >= 15 is 0 Å². The van der Waals surface area contributed by atoms with Crippen LogP contribution in [0.1, 0.15) is 26.3 Å². The molecule has 0 heterocycles. The molecule has 94 valence electrons. The molecule has 1 atom stereocenters. The van der Waals surface area contributed by atoms with Crippen LogP contribution in [0.2, 0.25) is 0 Å². The molecule has 0 aliphatic heterocycles. The maximum Gasteiger partial charge on any atom is 0.237 e. The summed E-state index contributed by atoms with van der Waals surface area (Å²) in [5, 5.41) is 2.85. The van der Waals surface area contributed by atoms with Gasteiger partial charge < -0.3 is 11.1 Å². The van der Waals surface area contributed by atoms with Gasteiger partial charge in [0.1, 0.15) is 0 Å². The van der Waals surface area contributed by atoms with Gasteiger partial charge in [-0.1, -0.05) is 48.8 Å². The maximum atomic E-state index is 11.8. The van der Waals surface area contributed by atoms with E-state index in [0.29, 0.717) is 6.54 Å². The van der Waals surface area contributed by atoms with Crippen molar-refractivity contribution in [1.82, 2.24) is 5.32 Å². The van der Waals surface area contributed by atoms with Crippen LogP contribution in [0, 0.1) is 5.41 Å². The van der Waals surface area contributed by atoms with E-state index in [1.807, 2.05) is 45.0 Å². The molecule has 0 radical (unpaired) electrons. The maximum absolute atomic E-state index is 11.8. The first-order chi connectivity index (χ1) is 7.80. The van der Waals surface area contributed by atoms with Crippen molar-refractivity contribution in [3.05, 3.63) is 34.3 Å². The first-order valence-corrected chi connectivity index (χ1v) is 6.38. The highest BCUT2D eigenvalue weighted by atomic mass is 79.9. The van der Waals surface area contributed by atoms with Gasteiger partial charge in [0.15, 0.2) is 0 Å². The van der Waals surface area contributed by atoms with Crippen molar-refractivity contribution < 1.29 is 4.79 Å². The van der Waals surface area contributed by atoms with Crippen LogP contribution >= 0.6 is 15.9 Å². The molecule has 0 spiro atoms. The van der Waals surface area contributed by atoms with E-state index in [2.05, 4.69) is 21.2 Å². The van der Waals surface area contributed by atoms with Crippen molar-refractivity contribution >= 4 is 21.8 Å². The Bertz CT molecular complexity index is 381. The molecule has 3 nitrogen and oxygen atoms in total. The lowest BCUT2D eigenvalue weighted by molar-refractivity contribution is -0.124. The molecule has 0 bridgehead atoms. The van der Waals surface area contributed by atoms with Crippen LogP contribution in [-0.2, 0) is 11.3 Å². The van der Waals surface area contributed by atoms with Crippen molar-refractivity contribution in [2.45, 2.75) is 33.4 Å². The molecule has 17 heavy (non-hydrogen) atoms. The minimum atomic E-state index is -0.488. The van der Waals surface area contributed by atoms with Gasteiger partial charge in [0.05, 0.1) is 6.04 Å². The van der Waals surface area contributed by atoms with Gasteiger partial charge >= 0.3 is 0 Å². The number of carbonyl (C=O) groups excluding carboxylic acids is 1.